The number of nitrogens with zero attached hydrogens (tertiary/aromatic N) is 3. The van der Waals surface area contributed by atoms with Crippen molar-refractivity contribution in [2.45, 2.75) is 25.1 Å². The number of aromatic nitrogens is 2. The van der Waals surface area contributed by atoms with Crippen LogP contribution in [0.15, 0.2) is 36.7 Å². The van der Waals surface area contributed by atoms with Crippen molar-refractivity contribution in [2.24, 2.45) is 5.73 Å². The van der Waals surface area contributed by atoms with Gasteiger partial charge in [0.15, 0.2) is 0 Å². The van der Waals surface area contributed by atoms with Gasteiger partial charge in [0.1, 0.15) is 11.6 Å². The molecule has 2 aromatic heterocycles. The number of alkyl halides is 3. The van der Waals surface area contributed by atoms with Gasteiger partial charge in [-0.05, 0) is 37.1 Å². The summed E-state index contributed by atoms with van der Waals surface area (Å²) in [5.41, 5.74) is 4.89. The zero-order valence-corrected chi connectivity index (χ0v) is 13.8. The average molecular weight is 365 g/mol. The molecule has 138 valence electrons. The third-order valence-corrected chi connectivity index (χ3v) is 4.23. The van der Waals surface area contributed by atoms with Crippen LogP contribution in [0.4, 0.5) is 24.8 Å². The minimum absolute atomic E-state index is 0.0270. The molecule has 3 N–H and O–H groups in total. The van der Waals surface area contributed by atoms with Crippen LogP contribution >= 0.6 is 0 Å². The number of rotatable bonds is 4. The SMILES string of the molecule is NC(=O)c1cccnc1N[C@H]1CCCN(c2ccc(C(F)(F)F)cn2)C1. The molecule has 9 heteroatoms. The lowest BCUT2D eigenvalue weighted by Gasteiger charge is -2.34. The molecule has 2 aromatic rings. The van der Waals surface area contributed by atoms with Gasteiger partial charge in [0.25, 0.3) is 5.91 Å². The van der Waals surface area contributed by atoms with Crippen molar-refractivity contribution < 1.29 is 18.0 Å². The molecule has 1 aliphatic heterocycles. The molecular formula is C17H18F3N5O. The summed E-state index contributed by atoms with van der Waals surface area (Å²) in [4.78, 5) is 21.5. The molecule has 1 saturated heterocycles. The fourth-order valence-corrected chi connectivity index (χ4v) is 2.96. The van der Waals surface area contributed by atoms with Crippen LogP contribution < -0.4 is 16.0 Å². The van der Waals surface area contributed by atoms with Gasteiger partial charge in [-0.25, -0.2) is 9.97 Å². The van der Waals surface area contributed by atoms with E-state index in [0.717, 1.165) is 25.1 Å². The standard InChI is InChI=1S/C17H18F3N5O/c18-17(19,20)11-5-6-14(23-9-11)25-8-2-3-12(10-25)24-16-13(15(21)26)4-1-7-22-16/h1,4-7,9,12H,2-3,8,10H2,(H2,21,26)(H,22,24)/t12-/m0/s1. The van der Waals surface area contributed by atoms with E-state index >= 15 is 0 Å². The Labute approximate surface area is 148 Å². The molecule has 0 radical (unpaired) electrons. The molecule has 0 spiro atoms. The largest absolute Gasteiger partial charge is 0.417 e. The van der Waals surface area contributed by atoms with Gasteiger partial charge in [-0.2, -0.15) is 13.2 Å². The number of pyridine rings is 2. The van der Waals surface area contributed by atoms with Crippen LogP contribution in [0.2, 0.25) is 0 Å². The van der Waals surface area contributed by atoms with Crippen molar-refractivity contribution in [2.75, 3.05) is 23.3 Å². The average Bonchev–Trinajstić information content (AvgIpc) is 2.62. The second-order valence-corrected chi connectivity index (χ2v) is 6.10. The van der Waals surface area contributed by atoms with Gasteiger partial charge in [-0.15, -0.1) is 0 Å². The van der Waals surface area contributed by atoms with Crippen molar-refractivity contribution in [1.29, 1.82) is 0 Å². The van der Waals surface area contributed by atoms with Crippen molar-refractivity contribution in [3.63, 3.8) is 0 Å². The maximum absolute atomic E-state index is 12.7. The quantitative estimate of drug-likeness (QED) is 0.870. The summed E-state index contributed by atoms with van der Waals surface area (Å²) < 4.78 is 38.0. The summed E-state index contributed by atoms with van der Waals surface area (Å²) >= 11 is 0. The van der Waals surface area contributed by atoms with Gasteiger partial charge >= 0.3 is 6.18 Å². The van der Waals surface area contributed by atoms with E-state index in [1.54, 1.807) is 18.3 Å². The first-order chi connectivity index (χ1) is 12.3. The predicted molar refractivity (Wildman–Crippen MR) is 90.9 cm³/mol. The fraction of sp³-hybridized carbons (Fsp3) is 0.353. The van der Waals surface area contributed by atoms with E-state index in [0.29, 0.717) is 30.3 Å². The highest BCUT2D eigenvalue weighted by atomic mass is 19.4. The number of halogens is 3. The summed E-state index contributed by atoms with van der Waals surface area (Å²) in [6.07, 6.45) is -0.324. The Bertz CT molecular complexity index is 779. The number of piperidine rings is 1. The minimum atomic E-state index is -4.40. The maximum atomic E-state index is 12.7. The highest BCUT2D eigenvalue weighted by Crippen LogP contribution is 2.30. The Morgan fingerprint density at radius 3 is 2.73 bits per heavy atom. The minimum Gasteiger partial charge on any atom is -0.365 e. The number of carbonyl (C=O) groups is 1. The van der Waals surface area contributed by atoms with Crippen LogP contribution in [0.3, 0.4) is 0 Å². The Kier molecular flexibility index (Phi) is 4.97. The third-order valence-electron chi connectivity index (χ3n) is 4.23. The molecule has 0 saturated carbocycles. The number of amides is 1. The topological polar surface area (TPSA) is 84.1 Å². The van der Waals surface area contributed by atoms with E-state index in [4.69, 9.17) is 5.73 Å². The van der Waals surface area contributed by atoms with E-state index in [1.165, 1.54) is 6.07 Å². The van der Waals surface area contributed by atoms with Crippen LogP contribution in [0.25, 0.3) is 0 Å². The molecule has 0 bridgehead atoms. The van der Waals surface area contributed by atoms with E-state index < -0.39 is 17.6 Å². The Morgan fingerprint density at radius 1 is 1.27 bits per heavy atom. The molecule has 0 unspecified atom stereocenters. The van der Waals surface area contributed by atoms with Crippen LogP contribution in [0.5, 0.6) is 0 Å². The molecule has 0 aliphatic carbocycles. The molecule has 26 heavy (non-hydrogen) atoms. The zero-order chi connectivity index (χ0) is 18.7. The number of primary amides is 1. The van der Waals surface area contributed by atoms with Gasteiger partial charge in [0, 0.05) is 31.5 Å². The van der Waals surface area contributed by atoms with E-state index in [-0.39, 0.29) is 6.04 Å². The van der Waals surface area contributed by atoms with Crippen LogP contribution in [-0.4, -0.2) is 35.0 Å². The first-order valence-corrected chi connectivity index (χ1v) is 8.14. The Morgan fingerprint density at radius 2 is 2.08 bits per heavy atom. The Balaban J connectivity index is 1.71. The molecule has 6 nitrogen and oxygen atoms in total. The summed E-state index contributed by atoms with van der Waals surface area (Å²) in [5.74, 6) is 0.325. The van der Waals surface area contributed by atoms with Gasteiger partial charge < -0.3 is 16.0 Å². The molecule has 3 rings (SSSR count). The molecule has 3 heterocycles. The second-order valence-electron chi connectivity index (χ2n) is 6.10. The van der Waals surface area contributed by atoms with Gasteiger partial charge in [-0.1, -0.05) is 0 Å². The molecule has 1 fully saturated rings. The van der Waals surface area contributed by atoms with Crippen molar-refractivity contribution >= 4 is 17.5 Å². The fourth-order valence-electron chi connectivity index (χ4n) is 2.96. The van der Waals surface area contributed by atoms with Gasteiger partial charge in [-0.3, -0.25) is 4.79 Å². The third kappa shape index (κ3) is 4.04. The first kappa shape index (κ1) is 18.0. The summed E-state index contributed by atoms with van der Waals surface area (Å²) in [5, 5.41) is 3.20. The predicted octanol–water partition coefficient (Wildman–Crippen LogP) is 2.68. The van der Waals surface area contributed by atoms with Gasteiger partial charge in [0.2, 0.25) is 0 Å². The maximum Gasteiger partial charge on any atom is 0.417 e. The van der Waals surface area contributed by atoms with Gasteiger partial charge in [0.05, 0.1) is 11.1 Å². The number of anilines is 2. The number of hydrogen-bond acceptors (Lipinski definition) is 5. The molecule has 1 amide bonds. The number of nitrogens with one attached hydrogen (secondary N) is 1. The molecule has 1 aliphatic rings. The number of nitrogens with two attached hydrogens (primary N) is 1. The smallest absolute Gasteiger partial charge is 0.365 e. The summed E-state index contributed by atoms with van der Waals surface area (Å²) in [7, 11) is 0. The van der Waals surface area contributed by atoms with E-state index in [9.17, 15) is 18.0 Å². The van der Waals surface area contributed by atoms with Crippen LogP contribution in [0, 0.1) is 0 Å². The van der Waals surface area contributed by atoms with E-state index in [1.807, 2.05) is 4.90 Å². The lowest BCUT2D eigenvalue weighted by Crippen LogP contribution is -2.43. The lowest BCUT2D eigenvalue weighted by molar-refractivity contribution is -0.137. The summed E-state index contributed by atoms with van der Waals surface area (Å²) in [6.45, 7) is 1.23. The van der Waals surface area contributed by atoms with E-state index in [2.05, 4.69) is 15.3 Å². The lowest BCUT2D eigenvalue weighted by atomic mass is 10.1. The first-order valence-electron chi connectivity index (χ1n) is 8.14. The number of hydrogen-bond donors (Lipinski definition) is 2. The normalized spacial score (nSPS) is 17.8. The van der Waals surface area contributed by atoms with Crippen molar-refractivity contribution in [3.05, 3.63) is 47.8 Å². The van der Waals surface area contributed by atoms with Crippen LogP contribution in [-0.2, 0) is 6.18 Å². The van der Waals surface area contributed by atoms with Crippen LogP contribution in [0.1, 0.15) is 28.8 Å². The zero-order valence-electron chi connectivity index (χ0n) is 13.8. The molecular weight excluding hydrogens is 347 g/mol. The molecule has 1 atom stereocenters. The monoisotopic (exact) mass is 365 g/mol. The van der Waals surface area contributed by atoms with Crippen molar-refractivity contribution in [3.8, 4) is 0 Å². The highest BCUT2D eigenvalue weighted by Gasteiger charge is 2.31. The van der Waals surface area contributed by atoms with Crippen molar-refractivity contribution in [1.82, 2.24) is 9.97 Å². The summed E-state index contributed by atoms with van der Waals surface area (Å²) in [6, 6.07) is 5.60. The molecule has 0 aromatic carbocycles. The number of carbonyl (C=O) groups excluding carboxylic acids is 1. The second kappa shape index (κ2) is 7.19. The Hall–Kier alpha value is -2.84. The highest BCUT2D eigenvalue weighted by molar-refractivity contribution is 5.97.